The first kappa shape index (κ1) is 15.5. The van der Waals surface area contributed by atoms with E-state index in [2.05, 4.69) is 37.1 Å². The summed E-state index contributed by atoms with van der Waals surface area (Å²) in [7, 11) is 0. The van der Waals surface area contributed by atoms with Crippen molar-refractivity contribution in [2.24, 2.45) is 0 Å². The van der Waals surface area contributed by atoms with E-state index in [1.54, 1.807) is 11.3 Å². The van der Waals surface area contributed by atoms with Crippen molar-refractivity contribution in [3.8, 4) is 0 Å². The minimum atomic E-state index is 0.0996. The van der Waals surface area contributed by atoms with Gasteiger partial charge in [-0.25, -0.2) is 4.98 Å². The molecule has 20 heavy (non-hydrogen) atoms. The van der Waals surface area contributed by atoms with Gasteiger partial charge in [0.25, 0.3) is 0 Å². The summed E-state index contributed by atoms with van der Waals surface area (Å²) in [5.41, 5.74) is 1.30. The zero-order valence-electron chi connectivity index (χ0n) is 12.2. The summed E-state index contributed by atoms with van der Waals surface area (Å²) >= 11 is 8.07. The molecule has 0 amide bonds. The maximum atomic E-state index is 6.36. The van der Waals surface area contributed by atoms with Gasteiger partial charge in [0.1, 0.15) is 0 Å². The van der Waals surface area contributed by atoms with E-state index in [0.717, 1.165) is 23.0 Å². The zero-order chi connectivity index (χ0) is 14.6. The molecule has 108 valence electrons. The van der Waals surface area contributed by atoms with Crippen LogP contribution in [-0.2, 0) is 6.42 Å². The van der Waals surface area contributed by atoms with Crippen molar-refractivity contribution in [1.82, 2.24) is 10.3 Å². The van der Waals surface area contributed by atoms with Gasteiger partial charge in [0, 0.05) is 41.0 Å². The largest absolute Gasteiger partial charge is 0.311 e. The molecule has 2 aromatic rings. The Morgan fingerprint density at radius 2 is 2.05 bits per heavy atom. The molecule has 1 aromatic heterocycles. The summed E-state index contributed by atoms with van der Waals surface area (Å²) in [6.07, 6.45) is 2.78. The van der Waals surface area contributed by atoms with Crippen molar-refractivity contribution in [1.29, 1.82) is 0 Å². The Balaban J connectivity index is 2.17. The van der Waals surface area contributed by atoms with E-state index in [1.807, 2.05) is 29.8 Å². The van der Waals surface area contributed by atoms with Crippen LogP contribution >= 0.6 is 22.9 Å². The third kappa shape index (κ3) is 4.58. The van der Waals surface area contributed by atoms with Crippen molar-refractivity contribution in [3.05, 3.63) is 51.4 Å². The van der Waals surface area contributed by atoms with E-state index in [1.165, 1.54) is 5.56 Å². The summed E-state index contributed by atoms with van der Waals surface area (Å²) in [6.45, 7) is 7.44. The monoisotopic (exact) mass is 308 g/mol. The lowest BCUT2D eigenvalue weighted by Crippen LogP contribution is -2.39. The topological polar surface area (TPSA) is 24.9 Å². The van der Waals surface area contributed by atoms with Gasteiger partial charge in [-0.05, 0) is 32.4 Å². The van der Waals surface area contributed by atoms with E-state index in [9.17, 15) is 0 Å². The van der Waals surface area contributed by atoms with Crippen LogP contribution in [0.2, 0.25) is 5.02 Å². The van der Waals surface area contributed by atoms with Gasteiger partial charge in [0.05, 0.1) is 5.01 Å². The standard InChI is InChI=1S/C16H21ClN2S/c1-16(2,3)19-11-12(10-15-18-8-9-20-15)13-6-4-5-7-14(13)17/h4-9,12,19H,10-11H2,1-3H3. The molecule has 0 bridgehead atoms. The predicted octanol–water partition coefficient (Wildman–Crippen LogP) is 4.51. The van der Waals surface area contributed by atoms with E-state index < -0.39 is 0 Å². The van der Waals surface area contributed by atoms with Crippen LogP contribution in [0.15, 0.2) is 35.8 Å². The van der Waals surface area contributed by atoms with E-state index in [0.29, 0.717) is 5.92 Å². The maximum absolute atomic E-state index is 6.36. The van der Waals surface area contributed by atoms with Crippen molar-refractivity contribution in [3.63, 3.8) is 0 Å². The fourth-order valence-electron chi connectivity index (χ4n) is 2.09. The number of rotatable bonds is 5. The summed E-state index contributed by atoms with van der Waals surface area (Å²) in [4.78, 5) is 4.40. The van der Waals surface area contributed by atoms with Gasteiger partial charge in [0.2, 0.25) is 0 Å². The van der Waals surface area contributed by atoms with Crippen molar-refractivity contribution in [2.75, 3.05) is 6.54 Å². The number of nitrogens with zero attached hydrogens (tertiary/aromatic N) is 1. The van der Waals surface area contributed by atoms with Crippen molar-refractivity contribution < 1.29 is 0 Å². The first-order valence-corrected chi connectivity index (χ1v) is 8.09. The normalized spacial score (nSPS) is 13.4. The van der Waals surface area contributed by atoms with Gasteiger partial charge in [-0.2, -0.15) is 0 Å². The molecule has 1 atom stereocenters. The molecule has 0 aliphatic carbocycles. The molecule has 2 nitrogen and oxygen atoms in total. The van der Waals surface area contributed by atoms with E-state index in [-0.39, 0.29) is 5.54 Å². The number of hydrogen-bond donors (Lipinski definition) is 1. The average Bonchev–Trinajstić information content (AvgIpc) is 2.87. The van der Waals surface area contributed by atoms with Crippen LogP contribution in [-0.4, -0.2) is 17.1 Å². The van der Waals surface area contributed by atoms with Crippen LogP contribution in [0, 0.1) is 0 Å². The second-order valence-electron chi connectivity index (χ2n) is 5.98. The maximum Gasteiger partial charge on any atom is 0.0931 e. The average molecular weight is 309 g/mol. The number of halogens is 1. The Hall–Kier alpha value is -0.900. The Morgan fingerprint density at radius 1 is 1.30 bits per heavy atom. The van der Waals surface area contributed by atoms with Crippen LogP contribution in [0.1, 0.15) is 37.3 Å². The highest BCUT2D eigenvalue weighted by molar-refractivity contribution is 7.09. The zero-order valence-corrected chi connectivity index (χ0v) is 13.8. The Labute approximate surface area is 130 Å². The lowest BCUT2D eigenvalue weighted by molar-refractivity contribution is 0.405. The highest BCUT2D eigenvalue weighted by Gasteiger charge is 2.19. The molecule has 0 fully saturated rings. The Kier molecular flexibility index (Phi) is 5.19. The SMILES string of the molecule is CC(C)(C)NCC(Cc1nccs1)c1ccccc1Cl. The molecule has 0 saturated heterocycles. The van der Waals surface area contributed by atoms with Gasteiger partial charge < -0.3 is 5.32 Å². The molecule has 1 aromatic carbocycles. The summed E-state index contributed by atoms with van der Waals surface area (Å²) in [5, 5.41) is 7.60. The molecule has 0 aliphatic heterocycles. The number of aromatic nitrogens is 1. The van der Waals surface area contributed by atoms with E-state index in [4.69, 9.17) is 11.6 Å². The van der Waals surface area contributed by atoms with Gasteiger partial charge in [-0.15, -0.1) is 11.3 Å². The molecule has 4 heteroatoms. The number of thiazole rings is 1. The second kappa shape index (κ2) is 6.70. The molecule has 0 spiro atoms. The van der Waals surface area contributed by atoms with Gasteiger partial charge in [0.15, 0.2) is 0 Å². The Morgan fingerprint density at radius 3 is 2.65 bits per heavy atom. The number of nitrogens with one attached hydrogen (secondary N) is 1. The smallest absolute Gasteiger partial charge is 0.0931 e. The fraction of sp³-hybridized carbons (Fsp3) is 0.438. The van der Waals surface area contributed by atoms with E-state index >= 15 is 0 Å². The van der Waals surface area contributed by atoms with Crippen LogP contribution in [0.5, 0.6) is 0 Å². The molecular weight excluding hydrogens is 288 g/mol. The molecule has 1 heterocycles. The number of hydrogen-bond acceptors (Lipinski definition) is 3. The minimum absolute atomic E-state index is 0.0996. The molecule has 0 aliphatic rings. The molecular formula is C16H21ClN2S. The van der Waals surface area contributed by atoms with Crippen LogP contribution in [0.3, 0.4) is 0 Å². The van der Waals surface area contributed by atoms with Crippen LogP contribution in [0.25, 0.3) is 0 Å². The summed E-state index contributed by atoms with van der Waals surface area (Å²) in [5.74, 6) is 0.342. The third-order valence-electron chi connectivity index (χ3n) is 3.13. The second-order valence-corrected chi connectivity index (χ2v) is 7.37. The van der Waals surface area contributed by atoms with Crippen molar-refractivity contribution in [2.45, 2.75) is 38.6 Å². The molecule has 0 radical (unpaired) electrons. The highest BCUT2D eigenvalue weighted by Crippen LogP contribution is 2.28. The van der Waals surface area contributed by atoms with Gasteiger partial charge in [-0.1, -0.05) is 29.8 Å². The van der Waals surface area contributed by atoms with Crippen molar-refractivity contribution >= 4 is 22.9 Å². The van der Waals surface area contributed by atoms with Gasteiger partial charge in [-0.3, -0.25) is 0 Å². The lowest BCUT2D eigenvalue weighted by Gasteiger charge is -2.25. The Bertz CT molecular complexity index is 532. The highest BCUT2D eigenvalue weighted by atomic mass is 35.5. The summed E-state index contributed by atoms with van der Waals surface area (Å²) in [6, 6.07) is 8.10. The minimum Gasteiger partial charge on any atom is -0.311 e. The molecule has 2 rings (SSSR count). The van der Waals surface area contributed by atoms with Crippen LogP contribution < -0.4 is 5.32 Å². The lowest BCUT2D eigenvalue weighted by atomic mass is 9.94. The first-order valence-electron chi connectivity index (χ1n) is 6.83. The van der Waals surface area contributed by atoms with Gasteiger partial charge >= 0.3 is 0 Å². The number of benzene rings is 1. The van der Waals surface area contributed by atoms with Crippen LogP contribution in [0.4, 0.5) is 0 Å². The third-order valence-corrected chi connectivity index (χ3v) is 4.27. The first-order chi connectivity index (χ1) is 9.46. The quantitative estimate of drug-likeness (QED) is 0.879. The fourth-order valence-corrected chi connectivity index (χ4v) is 3.08. The summed E-state index contributed by atoms with van der Waals surface area (Å²) < 4.78 is 0. The molecule has 1 N–H and O–H groups in total. The molecule has 0 saturated carbocycles. The predicted molar refractivity (Wildman–Crippen MR) is 87.8 cm³/mol. The molecule has 1 unspecified atom stereocenters.